The molecule has 0 heterocycles. The van der Waals surface area contributed by atoms with E-state index < -0.39 is 0 Å². The van der Waals surface area contributed by atoms with Gasteiger partial charge in [0.1, 0.15) is 6.61 Å². The predicted octanol–water partition coefficient (Wildman–Crippen LogP) is 2.02. The molecule has 0 amide bonds. The van der Waals surface area contributed by atoms with Crippen LogP contribution in [0.4, 0.5) is 0 Å². The summed E-state index contributed by atoms with van der Waals surface area (Å²) in [4.78, 5) is 13.4. The number of benzene rings is 1. The summed E-state index contributed by atoms with van der Waals surface area (Å²) in [6.07, 6.45) is 0. The first-order valence-electron chi connectivity index (χ1n) is 4.57. The molecular formula is C11H16INO2. The van der Waals surface area contributed by atoms with Crippen molar-refractivity contribution in [3.05, 3.63) is 35.9 Å². The minimum Gasteiger partial charge on any atom is -0.461 e. The number of rotatable bonds is 4. The van der Waals surface area contributed by atoms with Gasteiger partial charge in [0.15, 0.2) is 0 Å². The van der Waals surface area contributed by atoms with E-state index in [1.807, 2.05) is 37.2 Å². The zero-order valence-corrected chi connectivity index (χ0v) is 11.3. The highest BCUT2D eigenvalue weighted by Gasteiger charge is 2.04. The zero-order valence-electron chi connectivity index (χ0n) is 8.97. The molecule has 15 heavy (non-hydrogen) atoms. The van der Waals surface area contributed by atoms with Crippen molar-refractivity contribution in [1.82, 2.24) is 4.90 Å². The summed E-state index contributed by atoms with van der Waals surface area (Å²) in [5.74, 6) is -0.257. The SMILES string of the molecule is CN(C)CCOC(=O)c1ccccc1.I. The number of nitrogens with zero attached hydrogens (tertiary/aromatic N) is 1. The van der Waals surface area contributed by atoms with Crippen LogP contribution >= 0.6 is 24.0 Å². The van der Waals surface area contributed by atoms with Gasteiger partial charge in [-0.1, -0.05) is 18.2 Å². The van der Waals surface area contributed by atoms with Crippen LogP contribution in [0.15, 0.2) is 30.3 Å². The fourth-order valence-electron chi connectivity index (χ4n) is 0.978. The van der Waals surface area contributed by atoms with E-state index in [1.54, 1.807) is 12.1 Å². The Kier molecular flexibility index (Phi) is 7.33. The first-order valence-corrected chi connectivity index (χ1v) is 4.57. The summed E-state index contributed by atoms with van der Waals surface area (Å²) >= 11 is 0. The number of carbonyl (C=O) groups is 1. The van der Waals surface area contributed by atoms with E-state index in [2.05, 4.69) is 0 Å². The largest absolute Gasteiger partial charge is 0.461 e. The Morgan fingerprint density at radius 3 is 2.40 bits per heavy atom. The highest BCUT2D eigenvalue weighted by atomic mass is 127. The molecule has 4 heteroatoms. The van der Waals surface area contributed by atoms with Crippen molar-refractivity contribution >= 4 is 29.9 Å². The van der Waals surface area contributed by atoms with E-state index >= 15 is 0 Å². The highest BCUT2D eigenvalue weighted by Crippen LogP contribution is 2.00. The second kappa shape index (κ2) is 7.64. The van der Waals surface area contributed by atoms with Gasteiger partial charge < -0.3 is 9.64 Å². The van der Waals surface area contributed by atoms with Crippen LogP contribution in [0.2, 0.25) is 0 Å². The predicted molar refractivity (Wildman–Crippen MR) is 70.7 cm³/mol. The number of hydrogen-bond donors (Lipinski definition) is 0. The molecule has 0 spiro atoms. The minimum absolute atomic E-state index is 0. The molecular weight excluding hydrogens is 305 g/mol. The molecule has 0 N–H and O–H groups in total. The van der Waals surface area contributed by atoms with Gasteiger partial charge in [0.2, 0.25) is 0 Å². The fraction of sp³-hybridized carbons (Fsp3) is 0.364. The Hall–Kier alpha value is -0.620. The van der Waals surface area contributed by atoms with Crippen LogP contribution < -0.4 is 0 Å². The number of ether oxygens (including phenoxy) is 1. The topological polar surface area (TPSA) is 29.5 Å². The van der Waals surface area contributed by atoms with E-state index in [0.717, 1.165) is 6.54 Å². The van der Waals surface area contributed by atoms with E-state index in [-0.39, 0.29) is 29.9 Å². The van der Waals surface area contributed by atoms with Crippen molar-refractivity contribution in [1.29, 1.82) is 0 Å². The third-order valence-corrected chi connectivity index (χ3v) is 1.78. The van der Waals surface area contributed by atoms with Gasteiger partial charge >= 0.3 is 5.97 Å². The summed E-state index contributed by atoms with van der Waals surface area (Å²) in [6.45, 7) is 1.18. The molecule has 0 saturated carbocycles. The Morgan fingerprint density at radius 2 is 1.87 bits per heavy atom. The van der Waals surface area contributed by atoms with Gasteiger partial charge in [-0.05, 0) is 26.2 Å². The van der Waals surface area contributed by atoms with Crippen molar-refractivity contribution in [2.24, 2.45) is 0 Å². The molecule has 1 rings (SSSR count). The van der Waals surface area contributed by atoms with Crippen LogP contribution in [0.25, 0.3) is 0 Å². The normalized spacial score (nSPS) is 9.53. The summed E-state index contributed by atoms with van der Waals surface area (Å²) in [6, 6.07) is 9.01. The van der Waals surface area contributed by atoms with Gasteiger partial charge in [-0.3, -0.25) is 0 Å². The first kappa shape index (κ1) is 14.4. The second-order valence-electron chi connectivity index (χ2n) is 3.31. The smallest absolute Gasteiger partial charge is 0.338 e. The van der Waals surface area contributed by atoms with Crippen LogP contribution in [0.3, 0.4) is 0 Å². The van der Waals surface area contributed by atoms with Crippen LogP contribution in [-0.2, 0) is 4.74 Å². The van der Waals surface area contributed by atoms with Crippen LogP contribution in [-0.4, -0.2) is 38.1 Å². The molecule has 0 aliphatic rings. The van der Waals surface area contributed by atoms with Crippen LogP contribution in [0, 0.1) is 0 Å². The lowest BCUT2D eigenvalue weighted by molar-refractivity contribution is 0.0482. The highest BCUT2D eigenvalue weighted by molar-refractivity contribution is 14.0. The van der Waals surface area contributed by atoms with Crippen molar-refractivity contribution in [3.8, 4) is 0 Å². The number of hydrogen-bond acceptors (Lipinski definition) is 3. The molecule has 1 aromatic carbocycles. The monoisotopic (exact) mass is 321 g/mol. The maximum Gasteiger partial charge on any atom is 0.338 e. The zero-order chi connectivity index (χ0) is 10.4. The van der Waals surface area contributed by atoms with Crippen LogP contribution in [0.5, 0.6) is 0 Å². The summed E-state index contributed by atoms with van der Waals surface area (Å²) in [5, 5.41) is 0. The molecule has 0 bridgehead atoms. The maximum atomic E-state index is 11.4. The molecule has 0 aromatic heterocycles. The van der Waals surface area contributed by atoms with Gasteiger partial charge in [-0.2, -0.15) is 0 Å². The van der Waals surface area contributed by atoms with E-state index in [0.29, 0.717) is 12.2 Å². The molecule has 0 aliphatic heterocycles. The average Bonchev–Trinajstić information content (AvgIpc) is 2.18. The van der Waals surface area contributed by atoms with Crippen molar-refractivity contribution < 1.29 is 9.53 Å². The van der Waals surface area contributed by atoms with Gasteiger partial charge in [0.05, 0.1) is 5.56 Å². The molecule has 0 fully saturated rings. The quantitative estimate of drug-likeness (QED) is 0.628. The summed E-state index contributed by atoms with van der Waals surface area (Å²) in [5.41, 5.74) is 0.603. The number of esters is 1. The van der Waals surface area contributed by atoms with Crippen molar-refractivity contribution in [2.75, 3.05) is 27.2 Å². The number of carbonyl (C=O) groups excluding carboxylic acids is 1. The standard InChI is InChI=1S/C11H15NO2.HI/c1-12(2)8-9-14-11(13)10-6-4-3-5-7-10;/h3-7H,8-9H2,1-2H3;1H. The summed E-state index contributed by atoms with van der Waals surface area (Å²) in [7, 11) is 3.88. The maximum absolute atomic E-state index is 11.4. The Labute approximate surface area is 107 Å². The lowest BCUT2D eigenvalue weighted by atomic mass is 10.2. The molecule has 84 valence electrons. The second-order valence-corrected chi connectivity index (χ2v) is 3.31. The lowest BCUT2D eigenvalue weighted by Crippen LogP contribution is -2.20. The van der Waals surface area contributed by atoms with E-state index in [9.17, 15) is 4.79 Å². The Morgan fingerprint density at radius 1 is 1.27 bits per heavy atom. The first-order chi connectivity index (χ1) is 6.70. The number of likely N-dealkylation sites (N-methyl/N-ethyl adjacent to an activating group) is 1. The molecule has 0 atom stereocenters. The Bertz CT molecular complexity index is 288. The third kappa shape index (κ3) is 5.74. The van der Waals surface area contributed by atoms with E-state index in [1.165, 1.54) is 0 Å². The summed E-state index contributed by atoms with van der Waals surface area (Å²) < 4.78 is 5.06. The number of halogens is 1. The van der Waals surface area contributed by atoms with Crippen molar-refractivity contribution in [3.63, 3.8) is 0 Å². The van der Waals surface area contributed by atoms with Crippen molar-refractivity contribution in [2.45, 2.75) is 0 Å². The molecule has 0 unspecified atom stereocenters. The van der Waals surface area contributed by atoms with Gasteiger partial charge in [-0.25, -0.2) is 4.79 Å². The molecule has 0 aliphatic carbocycles. The van der Waals surface area contributed by atoms with Gasteiger partial charge in [0.25, 0.3) is 0 Å². The van der Waals surface area contributed by atoms with Gasteiger partial charge in [0, 0.05) is 6.54 Å². The van der Waals surface area contributed by atoms with Crippen LogP contribution in [0.1, 0.15) is 10.4 Å². The average molecular weight is 321 g/mol. The van der Waals surface area contributed by atoms with E-state index in [4.69, 9.17) is 4.74 Å². The molecule has 0 radical (unpaired) electrons. The fourth-order valence-corrected chi connectivity index (χ4v) is 0.978. The molecule has 1 aromatic rings. The minimum atomic E-state index is -0.257. The lowest BCUT2D eigenvalue weighted by Gasteiger charge is -2.09. The third-order valence-electron chi connectivity index (χ3n) is 1.78. The van der Waals surface area contributed by atoms with Gasteiger partial charge in [-0.15, -0.1) is 24.0 Å². The molecule has 3 nitrogen and oxygen atoms in total. The molecule has 0 saturated heterocycles. The Balaban J connectivity index is 0.00000196.